The van der Waals surface area contributed by atoms with Gasteiger partial charge in [0, 0.05) is 17.1 Å². The van der Waals surface area contributed by atoms with Crippen LogP contribution in [0.3, 0.4) is 0 Å². The lowest BCUT2D eigenvalue weighted by atomic mass is 10.2. The SMILES string of the molecule is CCNC(=O)COc1ccc(NC(=O)Cc2cccs2)cc1. The molecule has 2 aromatic rings. The summed E-state index contributed by atoms with van der Waals surface area (Å²) in [7, 11) is 0. The van der Waals surface area contributed by atoms with Gasteiger partial charge in [-0.15, -0.1) is 11.3 Å². The molecule has 0 unspecified atom stereocenters. The van der Waals surface area contributed by atoms with E-state index in [0.717, 1.165) is 4.88 Å². The van der Waals surface area contributed by atoms with Crippen molar-refractivity contribution in [3.8, 4) is 5.75 Å². The molecule has 0 aliphatic carbocycles. The number of carbonyl (C=O) groups is 2. The lowest BCUT2D eigenvalue weighted by Crippen LogP contribution is -2.28. The summed E-state index contributed by atoms with van der Waals surface area (Å²) in [6.45, 7) is 2.42. The van der Waals surface area contributed by atoms with E-state index in [2.05, 4.69) is 10.6 Å². The van der Waals surface area contributed by atoms with Gasteiger partial charge in [0.05, 0.1) is 6.42 Å². The minimum absolute atomic E-state index is 0.0159. The number of likely N-dealkylation sites (N-methyl/N-ethyl adjacent to an activating group) is 1. The molecule has 0 saturated carbocycles. The zero-order chi connectivity index (χ0) is 15.8. The van der Waals surface area contributed by atoms with Gasteiger partial charge in [0.15, 0.2) is 6.61 Å². The highest BCUT2D eigenvalue weighted by Crippen LogP contribution is 2.16. The average Bonchev–Trinajstić information content (AvgIpc) is 2.99. The van der Waals surface area contributed by atoms with E-state index in [1.807, 2.05) is 24.4 Å². The standard InChI is InChI=1S/C16H18N2O3S/c1-2-17-16(20)11-21-13-7-5-12(6-8-13)18-15(19)10-14-4-3-9-22-14/h3-9H,2,10-11H2,1H3,(H,17,20)(H,18,19). The fraction of sp³-hybridized carbons (Fsp3) is 0.250. The number of anilines is 1. The number of thiophene rings is 1. The van der Waals surface area contributed by atoms with Crippen molar-refractivity contribution in [2.24, 2.45) is 0 Å². The Kier molecular flexibility index (Phi) is 5.97. The monoisotopic (exact) mass is 318 g/mol. The molecule has 1 heterocycles. The largest absolute Gasteiger partial charge is 0.484 e. The summed E-state index contributed by atoms with van der Waals surface area (Å²) in [5.74, 6) is 0.372. The second kappa shape index (κ2) is 8.19. The molecule has 22 heavy (non-hydrogen) atoms. The fourth-order valence-electron chi connectivity index (χ4n) is 1.81. The Morgan fingerprint density at radius 3 is 2.55 bits per heavy atom. The molecule has 0 spiro atoms. The minimum atomic E-state index is -0.157. The molecular weight excluding hydrogens is 300 g/mol. The molecule has 6 heteroatoms. The number of ether oxygens (including phenoxy) is 1. The summed E-state index contributed by atoms with van der Waals surface area (Å²) in [4.78, 5) is 24.2. The van der Waals surface area contributed by atoms with Crippen molar-refractivity contribution in [1.82, 2.24) is 5.32 Å². The molecule has 0 atom stereocenters. The van der Waals surface area contributed by atoms with E-state index in [1.54, 1.807) is 35.6 Å². The van der Waals surface area contributed by atoms with Crippen LogP contribution in [-0.2, 0) is 16.0 Å². The molecule has 0 radical (unpaired) electrons. The predicted octanol–water partition coefficient (Wildman–Crippen LogP) is 2.44. The van der Waals surface area contributed by atoms with Crippen LogP contribution in [0.25, 0.3) is 0 Å². The van der Waals surface area contributed by atoms with Crippen molar-refractivity contribution >= 4 is 28.8 Å². The third-order valence-corrected chi connectivity index (χ3v) is 3.67. The van der Waals surface area contributed by atoms with Crippen LogP contribution in [0.5, 0.6) is 5.75 Å². The van der Waals surface area contributed by atoms with Gasteiger partial charge in [-0.2, -0.15) is 0 Å². The number of amides is 2. The number of nitrogens with one attached hydrogen (secondary N) is 2. The highest BCUT2D eigenvalue weighted by atomic mass is 32.1. The second-order valence-electron chi connectivity index (χ2n) is 4.57. The van der Waals surface area contributed by atoms with Gasteiger partial charge < -0.3 is 15.4 Å². The van der Waals surface area contributed by atoms with E-state index in [4.69, 9.17) is 4.74 Å². The van der Waals surface area contributed by atoms with Crippen LogP contribution < -0.4 is 15.4 Å². The van der Waals surface area contributed by atoms with Crippen LogP contribution in [0.15, 0.2) is 41.8 Å². The van der Waals surface area contributed by atoms with E-state index in [0.29, 0.717) is 24.4 Å². The molecule has 0 saturated heterocycles. The summed E-state index contributed by atoms with van der Waals surface area (Å²) in [6.07, 6.45) is 0.368. The highest BCUT2D eigenvalue weighted by Gasteiger charge is 2.05. The molecule has 0 aliphatic rings. The Hall–Kier alpha value is -2.34. The first-order valence-electron chi connectivity index (χ1n) is 6.99. The number of carbonyl (C=O) groups excluding carboxylic acids is 2. The number of benzene rings is 1. The Balaban J connectivity index is 1.81. The maximum absolute atomic E-state index is 11.9. The van der Waals surface area contributed by atoms with E-state index in [9.17, 15) is 9.59 Å². The van der Waals surface area contributed by atoms with Crippen LogP contribution in [0.1, 0.15) is 11.8 Å². The summed E-state index contributed by atoms with van der Waals surface area (Å²) < 4.78 is 5.34. The van der Waals surface area contributed by atoms with E-state index >= 15 is 0 Å². The zero-order valence-electron chi connectivity index (χ0n) is 12.3. The highest BCUT2D eigenvalue weighted by molar-refractivity contribution is 7.10. The maximum atomic E-state index is 11.9. The van der Waals surface area contributed by atoms with Gasteiger partial charge in [0.1, 0.15) is 5.75 Å². The third-order valence-electron chi connectivity index (χ3n) is 2.80. The van der Waals surface area contributed by atoms with Gasteiger partial charge in [0.2, 0.25) is 5.91 Å². The Morgan fingerprint density at radius 2 is 1.91 bits per heavy atom. The lowest BCUT2D eigenvalue weighted by Gasteiger charge is -2.08. The number of hydrogen-bond donors (Lipinski definition) is 2. The molecule has 0 fully saturated rings. The van der Waals surface area contributed by atoms with Crippen molar-refractivity contribution in [2.75, 3.05) is 18.5 Å². The molecule has 2 amide bonds. The van der Waals surface area contributed by atoms with E-state index in [1.165, 1.54) is 0 Å². The fourth-order valence-corrected chi connectivity index (χ4v) is 2.51. The Morgan fingerprint density at radius 1 is 1.14 bits per heavy atom. The van der Waals surface area contributed by atoms with Crippen molar-refractivity contribution < 1.29 is 14.3 Å². The first-order chi connectivity index (χ1) is 10.7. The Labute approximate surface area is 133 Å². The van der Waals surface area contributed by atoms with E-state index in [-0.39, 0.29) is 18.4 Å². The summed E-state index contributed by atoms with van der Waals surface area (Å²) in [6, 6.07) is 10.8. The first-order valence-corrected chi connectivity index (χ1v) is 7.87. The average molecular weight is 318 g/mol. The van der Waals surface area contributed by atoms with Gasteiger partial charge >= 0.3 is 0 Å². The van der Waals surface area contributed by atoms with Gasteiger partial charge in [-0.1, -0.05) is 6.07 Å². The molecule has 116 valence electrons. The summed E-state index contributed by atoms with van der Waals surface area (Å²) >= 11 is 1.56. The Bertz CT molecular complexity index is 609. The molecule has 1 aromatic heterocycles. The molecule has 0 aliphatic heterocycles. The molecule has 2 N–H and O–H groups in total. The lowest BCUT2D eigenvalue weighted by molar-refractivity contribution is -0.123. The van der Waals surface area contributed by atoms with Gasteiger partial charge in [-0.05, 0) is 42.6 Å². The van der Waals surface area contributed by atoms with Crippen LogP contribution in [-0.4, -0.2) is 25.0 Å². The molecule has 1 aromatic carbocycles. The maximum Gasteiger partial charge on any atom is 0.257 e. The summed E-state index contributed by atoms with van der Waals surface area (Å²) in [5.41, 5.74) is 0.701. The van der Waals surface area contributed by atoms with Crippen LogP contribution in [0.2, 0.25) is 0 Å². The summed E-state index contributed by atoms with van der Waals surface area (Å²) in [5, 5.41) is 7.43. The van der Waals surface area contributed by atoms with Gasteiger partial charge in [-0.3, -0.25) is 9.59 Å². The molecule has 5 nitrogen and oxygen atoms in total. The van der Waals surface area contributed by atoms with Crippen molar-refractivity contribution in [2.45, 2.75) is 13.3 Å². The number of hydrogen-bond acceptors (Lipinski definition) is 4. The smallest absolute Gasteiger partial charge is 0.257 e. The quantitative estimate of drug-likeness (QED) is 0.824. The van der Waals surface area contributed by atoms with Crippen molar-refractivity contribution in [3.05, 3.63) is 46.7 Å². The zero-order valence-corrected chi connectivity index (χ0v) is 13.1. The number of rotatable bonds is 7. The van der Waals surface area contributed by atoms with Crippen LogP contribution in [0, 0.1) is 0 Å². The predicted molar refractivity (Wildman–Crippen MR) is 87.3 cm³/mol. The second-order valence-corrected chi connectivity index (χ2v) is 5.60. The van der Waals surface area contributed by atoms with Crippen LogP contribution in [0.4, 0.5) is 5.69 Å². The normalized spacial score (nSPS) is 10.0. The molecular formula is C16H18N2O3S. The first kappa shape index (κ1) is 16.0. The van der Waals surface area contributed by atoms with Crippen LogP contribution >= 0.6 is 11.3 Å². The third kappa shape index (κ3) is 5.21. The van der Waals surface area contributed by atoms with E-state index < -0.39 is 0 Å². The molecule has 2 rings (SSSR count). The van der Waals surface area contributed by atoms with Crippen molar-refractivity contribution in [1.29, 1.82) is 0 Å². The van der Waals surface area contributed by atoms with Gasteiger partial charge in [-0.25, -0.2) is 0 Å². The molecule has 0 bridgehead atoms. The van der Waals surface area contributed by atoms with Crippen molar-refractivity contribution in [3.63, 3.8) is 0 Å². The topological polar surface area (TPSA) is 67.4 Å². The van der Waals surface area contributed by atoms with Gasteiger partial charge in [0.25, 0.3) is 5.91 Å². The minimum Gasteiger partial charge on any atom is -0.484 e.